The van der Waals surface area contributed by atoms with Gasteiger partial charge in [0.15, 0.2) is 11.4 Å². The van der Waals surface area contributed by atoms with Gasteiger partial charge in [-0.25, -0.2) is 24.7 Å². The first-order valence-corrected chi connectivity index (χ1v) is 15.4. The molecule has 1 aliphatic carbocycles. The first kappa shape index (κ1) is 32.8. The van der Waals surface area contributed by atoms with Crippen LogP contribution < -0.4 is 25.0 Å². The molecule has 1 saturated carbocycles. The molecule has 0 spiro atoms. The van der Waals surface area contributed by atoms with Crippen molar-refractivity contribution in [3.8, 4) is 23.1 Å². The average molecular weight is 666 g/mol. The Kier molecular flexibility index (Phi) is 9.52. The van der Waals surface area contributed by atoms with Crippen LogP contribution in [0.1, 0.15) is 43.7 Å². The summed E-state index contributed by atoms with van der Waals surface area (Å²) in [6.07, 6.45) is 4.63. The molecule has 0 bridgehead atoms. The molecule has 1 aromatic carbocycles. The highest BCUT2D eigenvalue weighted by Gasteiger charge is 2.42. The molecule has 4 heterocycles. The summed E-state index contributed by atoms with van der Waals surface area (Å²) in [5.41, 5.74) is 0.165. The zero-order chi connectivity index (χ0) is 33.7. The number of rotatable bonds is 10. The minimum Gasteiger partial charge on any atom is -0.467 e. The molecule has 2 fully saturated rings. The van der Waals surface area contributed by atoms with Gasteiger partial charge in [-0.1, -0.05) is 30.3 Å². The van der Waals surface area contributed by atoms with Crippen molar-refractivity contribution < 1.29 is 32.2 Å². The van der Waals surface area contributed by atoms with E-state index in [9.17, 15) is 18.0 Å². The van der Waals surface area contributed by atoms with Gasteiger partial charge in [-0.2, -0.15) is 18.2 Å². The lowest BCUT2D eigenvalue weighted by molar-refractivity contribution is -0.162. The maximum atomic E-state index is 13.7. The van der Waals surface area contributed by atoms with Crippen molar-refractivity contribution in [2.24, 2.45) is 0 Å². The van der Waals surface area contributed by atoms with Gasteiger partial charge in [0.05, 0.1) is 38.4 Å². The lowest BCUT2D eigenvalue weighted by Crippen LogP contribution is -2.52. The molecular formula is C32H34F3N9O4. The van der Waals surface area contributed by atoms with Gasteiger partial charge in [-0.05, 0) is 38.2 Å². The first-order valence-electron chi connectivity index (χ1n) is 15.4. The molecule has 0 atom stereocenters. The number of nitrogens with zero attached hydrogens (tertiary/aromatic N) is 7. The number of carbonyl (C=O) groups is 1. The van der Waals surface area contributed by atoms with Crippen LogP contribution in [-0.2, 0) is 17.5 Å². The molecule has 0 radical (unpaired) electrons. The summed E-state index contributed by atoms with van der Waals surface area (Å²) in [4.78, 5) is 40.7. The predicted molar refractivity (Wildman–Crippen MR) is 167 cm³/mol. The van der Waals surface area contributed by atoms with Gasteiger partial charge in [0, 0.05) is 42.8 Å². The fourth-order valence-corrected chi connectivity index (χ4v) is 5.51. The normalized spacial score (nSPS) is 18.7. The lowest BCUT2D eigenvalue weighted by Gasteiger charge is -2.38. The molecule has 252 valence electrons. The Labute approximate surface area is 274 Å². The SMILES string of the molecule is COc1ncc(-c2cnc(N(C(=O)NCc3ccccc3)[C@H]3CC[C@H](Nc4ncc(C(F)(F)F)c(OC5(C)COC5)n4)CC3)cn2)cn1. The molecule has 6 rings (SSSR count). The van der Waals surface area contributed by atoms with Crippen LogP contribution in [-0.4, -0.2) is 73.9 Å². The number of carbonyl (C=O) groups excluding carboxylic acids is 1. The molecule has 2 N–H and O–H groups in total. The number of benzene rings is 1. The number of methoxy groups -OCH3 is 1. The summed E-state index contributed by atoms with van der Waals surface area (Å²) in [6, 6.07) is 9.08. The van der Waals surface area contributed by atoms with E-state index in [2.05, 4.69) is 40.5 Å². The van der Waals surface area contributed by atoms with Gasteiger partial charge in [0.25, 0.3) is 0 Å². The second kappa shape index (κ2) is 13.9. The number of nitrogens with one attached hydrogen (secondary N) is 2. The second-order valence-electron chi connectivity index (χ2n) is 11.8. The molecule has 16 heteroatoms. The number of halogens is 3. The maximum absolute atomic E-state index is 13.7. The van der Waals surface area contributed by atoms with Crippen LogP contribution in [0.3, 0.4) is 0 Å². The average Bonchev–Trinajstić information content (AvgIpc) is 3.08. The van der Waals surface area contributed by atoms with Crippen molar-refractivity contribution in [2.75, 3.05) is 30.5 Å². The molecule has 1 saturated heterocycles. The van der Waals surface area contributed by atoms with Crippen LogP contribution in [0.2, 0.25) is 0 Å². The highest BCUT2D eigenvalue weighted by Crippen LogP contribution is 2.38. The summed E-state index contributed by atoms with van der Waals surface area (Å²) in [5, 5.41) is 6.15. The number of hydrogen-bond donors (Lipinski definition) is 2. The summed E-state index contributed by atoms with van der Waals surface area (Å²) >= 11 is 0. The van der Waals surface area contributed by atoms with Crippen molar-refractivity contribution in [3.05, 3.63) is 72.4 Å². The monoisotopic (exact) mass is 665 g/mol. The van der Waals surface area contributed by atoms with Crippen molar-refractivity contribution in [3.63, 3.8) is 0 Å². The van der Waals surface area contributed by atoms with E-state index < -0.39 is 23.2 Å². The molecule has 13 nitrogen and oxygen atoms in total. The molecule has 3 aromatic heterocycles. The topological polar surface area (TPSA) is 149 Å². The number of alkyl halides is 3. The molecule has 2 aliphatic rings. The Morgan fingerprint density at radius 1 is 0.979 bits per heavy atom. The lowest BCUT2D eigenvalue weighted by atomic mass is 9.90. The number of ether oxygens (including phenoxy) is 3. The van der Waals surface area contributed by atoms with E-state index in [1.165, 1.54) is 13.3 Å². The largest absolute Gasteiger partial charge is 0.467 e. The third-order valence-electron chi connectivity index (χ3n) is 8.11. The Bertz CT molecular complexity index is 1680. The molecular weight excluding hydrogens is 631 g/mol. The summed E-state index contributed by atoms with van der Waals surface area (Å²) in [6.45, 7) is 2.32. The van der Waals surface area contributed by atoms with E-state index in [0.29, 0.717) is 49.3 Å². The molecule has 0 unspecified atom stereocenters. The van der Waals surface area contributed by atoms with Crippen molar-refractivity contribution in [2.45, 2.75) is 63.0 Å². The van der Waals surface area contributed by atoms with E-state index in [-0.39, 0.29) is 43.3 Å². The summed E-state index contributed by atoms with van der Waals surface area (Å²) < 4.78 is 56.8. The second-order valence-corrected chi connectivity index (χ2v) is 11.8. The van der Waals surface area contributed by atoms with E-state index in [0.717, 1.165) is 11.8 Å². The van der Waals surface area contributed by atoms with Crippen LogP contribution in [0, 0.1) is 0 Å². The van der Waals surface area contributed by atoms with Gasteiger partial charge in [-0.15, -0.1) is 0 Å². The fourth-order valence-electron chi connectivity index (χ4n) is 5.51. The smallest absolute Gasteiger partial charge is 0.423 e. The standard InChI is InChI=1S/C32H34F3N9O4/c1-31(18-47-19-31)48-27-24(32(33,34)35)15-38-28(43-27)42-22-8-10-23(11-9-22)44(30(45)41-12-20-6-4-3-5-7-20)26-17-36-25(16-37-26)21-13-39-29(46-2)40-14-21/h3-7,13-17,22-23H,8-12,18-19H2,1-2H3,(H,41,45)(H,38,42,43)/t22-,23-. The summed E-state index contributed by atoms with van der Waals surface area (Å²) in [7, 11) is 1.48. The third-order valence-corrected chi connectivity index (χ3v) is 8.11. The van der Waals surface area contributed by atoms with Gasteiger partial charge >= 0.3 is 18.2 Å². The number of anilines is 2. The maximum Gasteiger partial charge on any atom is 0.423 e. The Morgan fingerprint density at radius 2 is 1.71 bits per heavy atom. The Hall–Kier alpha value is -5.12. The van der Waals surface area contributed by atoms with Crippen LogP contribution in [0.15, 0.2) is 61.3 Å². The first-order chi connectivity index (χ1) is 23.1. The zero-order valence-corrected chi connectivity index (χ0v) is 26.3. The van der Waals surface area contributed by atoms with Crippen LogP contribution in [0.5, 0.6) is 11.9 Å². The van der Waals surface area contributed by atoms with E-state index in [1.807, 2.05) is 30.3 Å². The Balaban J connectivity index is 1.16. The quantitative estimate of drug-likeness (QED) is 0.234. The van der Waals surface area contributed by atoms with Gasteiger partial charge in [0.1, 0.15) is 5.56 Å². The van der Waals surface area contributed by atoms with E-state index in [4.69, 9.17) is 14.2 Å². The van der Waals surface area contributed by atoms with E-state index in [1.54, 1.807) is 30.4 Å². The number of amides is 2. The number of aromatic nitrogens is 6. The predicted octanol–water partition coefficient (Wildman–Crippen LogP) is 5.06. The van der Waals surface area contributed by atoms with Gasteiger partial charge < -0.3 is 24.8 Å². The Morgan fingerprint density at radius 3 is 2.31 bits per heavy atom. The van der Waals surface area contributed by atoms with Crippen LogP contribution >= 0.6 is 0 Å². The van der Waals surface area contributed by atoms with Crippen LogP contribution in [0.25, 0.3) is 11.3 Å². The summed E-state index contributed by atoms with van der Waals surface area (Å²) in [5.74, 6) is -0.132. The molecule has 48 heavy (non-hydrogen) atoms. The van der Waals surface area contributed by atoms with Crippen molar-refractivity contribution in [1.29, 1.82) is 0 Å². The number of hydrogen-bond acceptors (Lipinski definition) is 11. The highest BCUT2D eigenvalue weighted by molar-refractivity contribution is 5.91. The highest BCUT2D eigenvalue weighted by atomic mass is 19.4. The minimum absolute atomic E-state index is 0.0340. The fraction of sp³-hybridized carbons (Fsp3) is 0.406. The van der Waals surface area contributed by atoms with Crippen molar-refractivity contribution >= 4 is 17.8 Å². The van der Waals surface area contributed by atoms with Crippen molar-refractivity contribution in [1.82, 2.24) is 35.2 Å². The van der Waals surface area contributed by atoms with E-state index >= 15 is 0 Å². The minimum atomic E-state index is -4.68. The van der Waals surface area contributed by atoms with Gasteiger partial charge in [0.2, 0.25) is 11.8 Å². The van der Waals surface area contributed by atoms with Crippen LogP contribution in [0.4, 0.5) is 29.7 Å². The molecule has 1 aliphatic heterocycles. The molecule has 4 aromatic rings. The number of urea groups is 1. The van der Waals surface area contributed by atoms with Gasteiger partial charge in [-0.3, -0.25) is 9.88 Å². The molecule has 2 amide bonds. The third kappa shape index (κ3) is 7.70. The zero-order valence-electron chi connectivity index (χ0n) is 26.3.